The minimum atomic E-state index is -3.67. The normalized spacial score (nSPS) is 15.2. The van der Waals surface area contributed by atoms with Crippen LogP contribution >= 0.6 is 11.6 Å². The van der Waals surface area contributed by atoms with Crippen LogP contribution in [0.4, 0.5) is 11.5 Å². The van der Waals surface area contributed by atoms with Gasteiger partial charge >= 0.3 is 0 Å². The van der Waals surface area contributed by atoms with E-state index in [0.717, 1.165) is 36.1 Å². The Kier molecular flexibility index (Phi) is 5.92. The highest BCUT2D eigenvalue weighted by atomic mass is 35.5. The van der Waals surface area contributed by atoms with Gasteiger partial charge in [0.1, 0.15) is 0 Å². The number of nitrogens with zero attached hydrogens (tertiary/aromatic N) is 3. The van der Waals surface area contributed by atoms with Crippen LogP contribution in [0.2, 0.25) is 5.02 Å². The standard InChI is InChI=1S/C22H23ClN4O2S/c1-16-12-14-27(15-13-16)22-11-10-21(24-25-22)17-2-6-19(7-3-17)26-30(28,29)20-8-4-18(23)5-9-20/h2-11,16,26H,12-15H2,1H3. The van der Waals surface area contributed by atoms with E-state index >= 15 is 0 Å². The fraction of sp³-hybridized carbons (Fsp3) is 0.273. The molecule has 8 heteroatoms. The quantitative estimate of drug-likeness (QED) is 0.612. The summed E-state index contributed by atoms with van der Waals surface area (Å²) in [6, 6.07) is 17.1. The van der Waals surface area contributed by atoms with E-state index in [2.05, 4.69) is 26.7 Å². The van der Waals surface area contributed by atoms with Gasteiger partial charge in [-0.05, 0) is 67.3 Å². The summed E-state index contributed by atoms with van der Waals surface area (Å²) in [4.78, 5) is 2.43. The molecule has 30 heavy (non-hydrogen) atoms. The van der Waals surface area contributed by atoms with E-state index in [4.69, 9.17) is 11.6 Å². The van der Waals surface area contributed by atoms with E-state index in [0.29, 0.717) is 10.7 Å². The van der Waals surface area contributed by atoms with Gasteiger partial charge in [0.2, 0.25) is 0 Å². The molecule has 1 aliphatic heterocycles. The van der Waals surface area contributed by atoms with Crippen LogP contribution in [0.3, 0.4) is 0 Å². The van der Waals surface area contributed by atoms with E-state index in [1.54, 1.807) is 24.3 Å². The number of piperidine rings is 1. The number of rotatable bonds is 5. The first-order chi connectivity index (χ1) is 14.4. The number of sulfonamides is 1. The molecule has 4 rings (SSSR count). The van der Waals surface area contributed by atoms with Gasteiger partial charge in [0.15, 0.2) is 5.82 Å². The molecular formula is C22H23ClN4O2S. The minimum Gasteiger partial charge on any atom is -0.355 e. The lowest BCUT2D eigenvalue weighted by molar-refractivity contribution is 0.436. The van der Waals surface area contributed by atoms with Gasteiger partial charge in [-0.2, -0.15) is 0 Å². The topological polar surface area (TPSA) is 75.2 Å². The van der Waals surface area contributed by atoms with Crippen LogP contribution in [0.15, 0.2) is 65.6 Å². The predicted octanol–water partition coefficient (Wildman–Crippen LogP) is 4.83. The molecule has 6 nitrogen and oxygen atoms in total. The van der Waals surface area contributed by atoms with Crippen molar-refractivity contribution >= 4 is 33.1 Å². The Labute approximate surface area is 182 Å². The molecule has 0 spiro atoms. The lowest BCUT2D eigenvalue weighted by Gasteiger charge is -2.30. The summed E-state index contributed by atoms with van der Waals surface area (Å²) in [5.41, 5.74) is 2.09. The maximum atomic E-state index is 12.5. The molecule has 0 unspecified atom stereocenters. The highest BCUT2D eigenvalue weighted by Gasteiger charge is 2.17. The van der Waals surface area contributed by atoms with Crippen molar-refractivity contribution in [2.75, 3.05) is 22.7 Å². The fourth-order valence-corrected chi connectivity index (χ4v) is 4.61. The lowest BCUT2D eigenvalue weighted by Crippen LogP contribution is -2.33. The first-order valence-electron chi connectivity index (χ1n) is 9.88. The second kappa shape index (κ2) is 8.62. The van der Waals surface area contributed by atoms with E-state index in [9.17, 15) is 8.42 Å². The SMILES string of the molecule is CC1CCN(c2ccc(-c3ccc(NS(=O)(=O)c4ccc(Cl)cc4)cc3)nn2)CC1. The Balaban J connectivity index is 1.45. The van der Waals surface area contributed by atoms with Crippen LogP contribution < -0.4 is 9.62 Å². The average Bonchev–Trinajstić information content (AvgIpc) is 2.75. The van der Waals surface area contributed by atoms with E-state index < -0.39 is 10.0 Å². The Hall–Kier alpha value is -2.64. The fourth-order valence-electron chi connectivity index (χ4n) is 3.42. The van der Waals surface area contributed by atoms with Crippen LogP contribution in [-0.4, -0.2) is 31.7 Å². The van der Waals surface area contributed by atoms with Gasteiger partial charge in [-0.3, -0.25) is 4.72 Å². The maximum absolute atomic E-state index is 12.5. The van der Waals surface area contributed by atoms with Gasteiger partial charge in [0.05, 0.1) is 10.6 Å². The van der Waals surface area contributed by atoms with Crippen molar-refractivity contribution in [1.29, 1.82) is 0 Å². The van der Waals surface area contributed by atoms with Crippen molar-refractivity contribution in [1.82, 2.24) is 10.2 Å². The third kappa shape index (κ3) is 4.74. The molecule has 0 saturated carbocycles. The number of nitrogens with one attached hydrogen (secondary N) is 1. The molecule has 0 atom stereocenters. The second-order valence-corrected chi connectivity index (χ2v) is 9.70. The van der Waals surface area contributed by atoms with Gasteiger partial charge in [-0.25, -0.2) is 8.42 Å². The van der Waals surface area contributed by atoms with E-state index in [1.165, 1.54) is 25.0 Å². The monoisotopic (exact) mass is 442 g/mol. The highest BCUT2D eigenvalue weighted by molar-refractivity contribution is 7.92. The average molecular weight is 443 g/mol. The Bertz CT molecular complexity index is 1090. The zero-order valence-corrected chi connectivity index (χ0v) is 18.2. The van der Waals surface area contributed by atoms with Crippen molar-refractivity contribution in [2.24, 2.45) is 5.92 Å². The van der Waals surface area contributed by atoms with E-state index in [-0.39, 0.29) is 4.90 Å². The molecule has 1 fully saturated rings. The molecule has 0 bridgehead atoms. The van der Waals surface area contributed by atoms with Crippen LogP contribution in [0.1, 0.15) is 19.8 Å². The number of hydrogen-bond donors (Lipinski definition) is 1. The molecule has 0 aliphatic carbocycles. The number of halogens is 1. The van der Waals surface area contributed by atoms with Crippen molar-refractivity contribution in [3.05, 3.63) is 65.7 Å². The van der Waals surface area contributed by atoms with Gasteiger partial charge in [-0.1, -0.05) is 30.7 Å². The van der Waals surface area contributed by atoms with Crippen LogP contribution in [0.25, 0.3) is 11.3 Å². The van der Waals surface area contributed by atoms with Gasteiger partial charge in [-0.15, -0.1) is 10.2 Å². The zero-order chi connectivity index (χ0) is 21.1. The Morgan fingerprint density at radius 3 is 2.20 bits per heavy atom. The molecule has 1 aromatic heterocycles. The third-order valence-electron chi connectivity index (χ3n) is 5.31. The summed E-state index contributed by atoms with van der Waals surface area (Å²) in [5.74, 6) is 1.67. The van der Waals surface area contributed by atoms with Crippen LogP contribution in [-0.2, 0) is 10.0 Å². The van der Waals surface area contributed by atoms with Crippen molar-refractivity contribution in [3.63, 3.8) is 0 Å². The summed E-state index contributed by atoms with van der Waals surface area (Å²) in [6.07, 6.45) is 2.35. The number of aromatic nitrogens is 2. The smallest absolute Gasteiger partial charge is 0.261 e. The molecule has 0 radical (unpaired) electrons. The summed E-state index contributed by atoms with van der Waals surface area (Å²) in [7, 11) is -3.67. The molecule has 1 saturated heterocycles. The second-order valence-electron chi connectivity index (χ2n) is 7.58. The number of hydrogen-bond acceptors (Lipinski definition) is 5. The zero-order valence-electron chi connectivity index (χ0n) is 16.6. The third-order valence-corrected chi connectivity index (χ3v) is 6.96. The lowest BCUT2D eigenvalue weighted by atomic mass is 9.99. The molecule has 156 valence electrons. The summed E-state index contributed by atoms with van der Waals surface area (Å²) < 4.78 is 27.6. The van der Waals surface area contributed by atoms with E-state index in [1.807, 2.05) is 24.3 Å². The number of benzene rings is 2. The van der Waals surface area contributed by atoms with Gasteiger partial charge < -0.3 is 4.90 Å². The van der Waals surface area contributed by atoms with Gasteiger partial charge in [0, 0.05) is 29.4 Å². The molecular weight excluding hydrogens is 420 g/mol. The molecule has 2 heterocycles. The summed E-state index contributed by atoms with van der Waals surface area (Å²) >= 11 is 5.83. The van der Waals surface area contributed by atoms with Crippen molar-refractivity contribution in [3.8, 4) is 11.3 Å². The molecule has 1 aliphatic rings. The molecule has 3 aromatic rings. The molecule has 0 amide bonds. The highest BCUT2D eigenvalue weighted by Crippen LogP contribution is 2.25. The summed E-state index contributed by atoms with van der Waals surface area (Å²) in [5, 5.41) is 9.23. The largest absolute Gasteiger partial charge is 0.355 e. The first kappa shape index (κ1) is 20.6. The maximum Gasteiger partial charge on any atom is 0.261 e. The minimum absolute atomic E-state index is 0.157. The molecule has 2 aromatic carbocycles. The van der Waals surface area contributed by atoms with Crippen molar-refractivity contribution < 1.29 is 8.42 Å². The Morgan fingerprint density at radius 2 is 1.60 bits per heavy atom. The van der Waals surface area contributed by atoms with Crippen LogP contribution in [0, 0.1) is 5.92 Å². The summed E-state index contributed by atoms with van der Waals surface area (Å²) in [6.45, 7) is 4.31. The van der Waals surface area contributed by atoms with Gasteiger partial charge in [0.25, 0.3) is 10.0 Å². The Morgan fingerprint density at radius 1 is 0.933 bits per heavy atom. The first-order valence-corrected chi connectivity index (χ1v) is 11.7. The van der Waals surface area contributed by atoms with Crippen LogP contribution in [0.5, 0.6) is 0 Å². The molecule has 1 N–H and O–H groups in total. The predicted molar refractivity (Wildman–Crippen MR) is 120 cm³/mol. The number of anilines is 2. The van der Waals surface area contributed by atoms with Crippen molar-refractivity contribution in [2.45, 2.75) is 24.7 Å².